The topological polar surface area (TPSA) is 20.3 Å². The molecule has 0 fully saturated rings. The van der Waals surface area contributed by atoms with Crippen molar-refractivity contribution in [3.63, 3.8) is 0 Å². The van der Waals surface area contributed by atoms with Crippen molar-refractivity contribution >= 4 is 11.6 Å². The summed E-state index contributed by atoms with van der Waals surface area (Å²) < 4.78 is 13.0. The lowest BCUT2D eigenvalue weighted by molar-refractivity contribution is -0.123. The number of hydrogen-bond acceptors (Lipinski definition) is 1. The summed E-state index contributed by atoms with van der Waals surface area (Å²) in [7, 11) is 0. The van der Waals surface area contributed by atoms with E-state index in [0.717, 1.165) is 5.56 Å². The molecule has 0 radical (unpaired) electrons. The standard InChI is InChI=1S/C18H16FNO/c1-3-18(21)20(13-15-7-5-4-6-8-15)14(2)16-9-11-17(19)12-10-16/h3-12H,1-2,13H2. The van der Waals surface area contributed by atoms with Gasteiger partial charge >= 0.3 is 0 Å². The van der Waals surface area contributed by atoms with Crippen molar-refractivity contribution in [1.82, 2.24) is 4.90 Å². The largest absolute Gasteiger partial charge is 0.304 e. The van der Waals surface area contributed by atoms with Gasteiger partial charge in [-0.1, -0.05) is 55.6 Å². The van der Waals surface area contributed by atoms with E-state index in [-0.39, 0.29) is 11.7 Å². The summed E-state index contributed by atoms with van der Waals surface area (Å²) in [5.74, 6) is -0.565. The lowest BCUT2D eigenvalue weighted by atomic mass is 10.1. The second-order valence-electron chi connectivity index (χ2n) is 4.57. The van der Waals surface area contributed by atoms with Crippen molar-refractivity contribution in [2.75, 3.05) is 0 Å². The number of carbonyl (C=O) groups is 1. The molecule has 0 aliphatic rings. The first kappa shape index (κ1) is 14.7. The lowest BCUT2D eigenvalue weighted by Crippen LogP contribution is -2.27. The fourth-order valence-electron chi connectivity index (χ4n) is 1.98. The first-order valence-corrected chi connectivity index (χ1v) is 6.54. The molecule has 3 heteroatoms. The highest BCUT2D eigenvalue weighted by Gasteiger charge is 2.16. The van der Waals surface area contributed by atoms with E-state index in [9.17, 15) is 9.18 Å². The Hall–Kier alpha value is -2.68. The van der Waals surface area contributed by atoms with E-state index in [0.29, 0.717) is 17.8 Å². The summed E-state index contributed by atoms with van der Waals surface area (Å²) in [4.78, 5) is 13.6. The summed E-state index contributed by atoms with van der Waals surface area (Å²) in [6, 6.07) is 15.5. The van der Waals surface area contributed by atoms with Gasteiger partial charge in [0.05, 0.1) is 6.54 Å². The van der Waals surface area contributed by atoms with Crippen LogP contribution in [-0.4, -0.2) is 10.8 Å². The third-order valence-electron chi connectivity index (χ3n) is 3.13. The molecule has 0 atom stereocenters. The minimum absolute atomic E-state index is 0.242. The van der Waals surface area contributed by atoms with Gasteiger partial charge in [0, 0.05) is 5.70 Å². The fourth-order valence-corrected chi connectivity index (χ4v) is 1.98. The van der Waals surface area contributed by atoms with Crippen molar-refractivity contribution in [1.29, 1.82) is 0 Å². The van der Waals surface area contributed by atoms with Gasteiger partial charge in [-0.15, -0.1) is 0 Å². The summed E-state index contributed by atoms with van der Waals surface area (Å²) in [6.07, 6.45) is 1.25. The van der Waals surface area contributed by atoms with E-state index in [2.05, 4.69) is 13.2 Å². The molecule has 0 aliphatic heterocycles. The molecule has 0 saturated heterocycles. The van der Waals surface area contributed by atoms with Crippen molar-refractivity contribution < 1.29 is 9.18 Å². The van der Waals surface area contributed by atoms with Crippen molar-refractivity contribution in [3.8, 4) is 0 Å². The second-order valence-corrected chi connectivity index (χ2v) is 4.57. The van der Waals surface area contributed by atoms with E-state index in [4.69, 9.17) is 0 Å². The van der Waals surface area contributed by atoms with Crippen LogP contribution < -0.4 is 0 Å². The van der Waals surface area contributed by atoms with E-state index >= 15 is 0 Å². The smallest absolute Gasteiger partial charge is 0.250 e. The molecule has 2 aromatic carbocycles. The minimum atomic E-state index is -0.323. The Bertz CT molecular complexity index is 647. The quantitative estimate of drug-likeness (QED) is 0.758. The van der Waals surface area contributed by atoms with Gasteiger partial charge in [-0.05, 0) is 29.3 Å². The first-order valence-electron chi connectivity index (χ1n) is 6.54. The summed E-state index contributed by atoms with van der Waals surface area (Å²) >= 11 is 0. The van der Waals surface area contributed by atoms with Crippen LogP contribution in [0.1, 0.15) is 11.1 Å². The fraction of sp³-hybridized carbons (Fsp3) is 0.0556. The molecule has 0 heterocycles. The van der Waals surface area contributed by atoms with E-state index in [1.807, 2.05) is 30.3 Å². The van der Waals surface area contributed by atoms with Crippen LogP contribution in [0.2, 0.25) is 0 Å². The van der Waals surface area contributed by atoms with Gasteiger partial charge in [0.25, 0.3) is 5.91 Å². The van der Waals surface area contributed by atoms with Crippen LogP contribution in [0.4, 0.5) is 4.39 Å². The zero-order chi connectivity index (χ0) is 15.2. The highest BCUT2D eigenvalue weighted by Crippen LogP contribution is 2.21. The number of carbonyl (C=O) groups excluding carboxylic acids is 1. The van der Waals surface area contributed by atoms with Crippen LogP contribution in [0.15, 0.2) is 73.8 Å². The number of nitrogens with zero attached hydrogens (tertiary/aromatic N) is 1. The molecule has 0 aromatic heterocycles. The van der Waals surface area contributed by atoms with Crippen molar-refractivity contribution in [3.05, 3.63) is 90.8 Å². The van der Waals surface area contributed by atoms with Crippen LogP contribution in [0.25, 0.3) is 5.70 Å². The minimum Gasteiger partial charge on any atom is -0.304 e. The number of rotatable bonds is 5. The number of amides is 1. The van der Waals surface area contributed by atoms with Crippen LogP contribution in [0, 0.1) is 5.82 Å². The highest BCUT2D eigenvalue weighted by atomic mass is 19.1. The summed E-state index contributed by atoms with van der Waals surface area (Å²) in [5.41, 5.74) is 2.20. The molecule has 2 rings (SSSR count). The van der Waals surface area contributed by atoms with Gasteiger partial charge in [0.1, 0.15) is 5.82 Å². The average Bonchev–Trinajstić information content (AvgIpc) is 2.53. The number of benzene rings is 2. The molecular formula is C18H16FNO. The van der Waals surface area contributed by atoms with Gasteiger partial charge in [0.2, 0.25) is 0 Å². The normalized spacial score (nSPS) is 9.95. The Labute approximate surface area is 123 Å². The van der Waals surface area contributed by atoms with Crippen LogP contribution in [-0.2, 0) is 11.3 Å². The van der Waals surface area contributed by atoms with Crippen LogP contribution >= 0.6 is 0 Å². The molecule has 0 bridgehead atoms. The van der Waals surface area contributed by atoms with Crippen LogP contribution in [0.5, 0.6) is 0 Å². The third kappa shape index (κ3) is 3.66. The van der Waals surface area contributed by atoms with Gasteiger partial charge in [-0.3, -0.25) is 4.79 Å². The van der Waals surface area contributed by atoms with Gasteiger partial charge in [-0.25, -0.2) is 4.39 Å². The molecule has 21 heavy (non-hydrogen) atoms. The Morgan fingerprint density at radius 3 is 2.29 bits per heavy atom. The number of hydrogen-bond donors (Lipinski definition) is 0. The molecule has 0 saturated carbocycles. The molecule has 0 N–H and O–H groups in total. The molecular weight excluding hydrogens is 265 g/mol. The zero-order valence-electron chi connectivity index (χ0n) is 11.6. The monoisotopic (exact) mass is 281 g/mol. The average molecular weight is 281 g/mol. The number of halogens is 1. The Morgan fingerprint density at radius 2 is 1.71 bits per heavy atom. The second kappa shape index (κ2) is 6.66. The Morgan fingerprint density at radius 1 is 1.10 bits per heavy atom. The Kier molecular flexibility index (Phi) is 4.67. The predicted molar refractivity (Wildman–Crippen MR) is 82.6 cm³/mol. The van der Waals surface area contributed by atoms with Gasteiger partial charge in [-0.2, -0.15) is 0 Å². The maximum Gasteiger partial charge on any atom is 0.250 e. The third-order valence-corrected chi connectivity index (χ3v) is 3.13. The van der Waals surface area contributed by atoms with Crippen molar-refractivity contribution in [2.24, 2.45) is 0 Å². The lowest BCUT2D eigenvalue weighted by Gasteiger charge is -2.24. The molecule has 2 nitrogen and oxygen atoms in total. The van der Waals surface area contributed by atoms with Crippen LogP contribution in [0.3, 0.4) is 0 Å². The van der Waals surface area contributed by atoms with Gasteiger partial charge < -0.3 is 4.90 Å². The molecule has 1 amide bonds. The first-order chi connectivity index (χ1) is 10.1. The SMILES string of the molecule is C=CC(=O)N(Cc1ccccc1)C(=C)c1ccc(F)cc1. The molecule has 0 unspecified atom stereocenters. The summed E-state index contributed by atoms with van der Waals surface area (Å²) in [6.45, 7) is 7.87. The summed E-state index contributed by atoms with van der Waals surface area (Å²) in [5, 5.41) is 0. The zero-order valence-corrected chi connectivity index (χ0v) is 11.6. The van der Waals surface area contributed by atoms with Gasteiger partial charge in [0.15, 0.2) is 0 Å². The molecule has 0 spiro atoms. The van der Waals surface area contributed by atoms with E-state index in [1.165, 1.54) is 23.1 Å². The maximum atomic E-state index is 13.0. The van der Waals surface area contributed by atoms with E-state index in [1.54, 1.807) is 12.1 Å². The predicted octanol–water partition coefficient (Wildman–Crippen LogP) is 4.01. The molecule has 106 valence electrons. The highest BCUT2D eigenvalue weighted by molar-refractivity contribution is 5.93. The van der Waals surface area contributed by atoms with E-state index < -0.39 is 0 Å². The maximum absolute atomic E-state index is 13.0. The Balaban J connectivity index is 2.27. The van der Waals surface area contributed by atoms with Crippen molar-refractivity contribution in [2.45, 2.75) is 6.54 Å². The molecule has 0 aliphatic carbocycles. The molecule has 2 aromatic rings.